The molecule has 0 bridgehead atoms. The van der Waals surface area contributed by atoms with Crippen molar-refractivity contribution in [1.29, 1.82) is 0 Å². The largest absolute Gasteiger partial charge is 0.475 e. The van der Waals surface area contributed by atoms with Crippen LogP contribution in [0.5, 0.6) is 0 Å². The highest BCUT2D eigenvalue weighted by Crippen LogP contribution is 2.27. The van der Waals surface area contributed by atoms with Crippen molar-refractivity contribution in [3.8, 4) is 0 Å². The third-order valence-corrected chi connectivity index (χ3v) is 3.46. The van der Waals surface area contributed by atoms with Crippen LogP contribution < -0.4 is 0 Å². The highest BCUT2D eigenvalue weighted by molar-refractivity contribution is 5.95. The number of fused-ring (bicyclic) bond motifs is 1. The van der Waals surface area contributed by atoms with Crippen LogP contribution in [0.2, 0.25) is 0 Å². The number of methoxy groups -OCH3 is 1. The fourth-order valence-corrected chi connectivity index (χ4v) is 2.20. The van der Waals surface area contributed by atoms with Gasteiger partial charge in [-0.2, -0.15) is 0 Å². The minimum atomic E-state index is -1.04. The van der Waals surface area contributed by atoms with Crippen molar-refractivity contribution in [2.24, 2.45) is 0 Å². The molecule has 0 aliphatic rings. The molecule has 108 valence electrons. The molecule has 1 aromatic carbocycles. The number of carbonyl (C=O) groups is 1. The lowest BCUT2D eigenvalue weighted by molar-refractivity contribution is 0.0659. The molecule has 1 heterocycles. The van der Waals surface area contributed by atoms with E-state index in [4.69, 9.17) is 9.15 Å². The predicted molar refractivity (Wildman–Crippen MR) is 76.0 cm³/mol. The smallest absolute Gasteiger partial charge is 0.372 e. The average Bonchev–Trinajstić information content (AvgIpc) is 2.78. The van der Waals surface area contributed by atoms with Crippen LogP contribution in [-0.2, 0) is 11.3 Å². The summed E-state index contributed by atoms with van der Waals surface area (Å²) in [5.41, 5.74) is 1.31. The molecule has 0 saturated carbocycles. The molecule has 0 radical (unpaired) electrons. The number of furan rings is 1. The van der Waals surface area contributed by atoms with E-state index in [1.807, 2.05) is 37.1 Å². The number of para-hydroxylation sites is 1. The summed E-state index contributed by atoms with van der Waals surface area (Å²) in [6, 6.07) is 7.57. The molecule has 0 spiro atoms. The van der Waals surface area contributed by atoms with Crippen LogP contribution in [0.15, 0.2) is 28.7 Å². The summed E-state index contributed by atoms with van der Waals surface area (Å²) in [6.07, 6.45) is 0. The number of carboxylic acids is 1. The molecule has 0 amide bonds. The monoisotopic (exact) mass is 277 g/mol. The van der Waals surface area contributed by atoms with Crippen LogP contribution >= 0.6 is 0 Å². The number of ether oxygens (including phenoxy) is 1. The first-order valence-corrected chi connectivity index (χ1v) is 6.47. The Morgan fingerprint density at radius 1 is 1.45 bits per heavy atom. The SMILES string of the molecule is COCC(C)N(C)Cc1c(C(=O)O)oc2ccccc12. The maximum absolute atomic E-state index is 11.3. The summed E-state index contributed by atoms with van der Waals surface area (Å²) in [6.45, 7) is 3.13. The number of hydrogen-bond donors (Lipinski definition) is 1. The molecular formula is C15H19NO4. The topological polar surface area (TPSA) is 62.9 Å². The second kappa shape index (κ2) is 6.07. The quantitative estimate of drug-likeness (QED) is 0.879. The second-order valence-corrected chi connectivity index (χ2v) is 4.93. The Morgan fingerprint density at radius 2 is 2.15 bits per heavy atom. The fraction of sp³-hybridized carbons (Fsp3) is 0.400. The molecule has 0 saturated heterocycles. The summed E-state index contributed by atoms with van der Waals surface area (Å²) in [5, 5.41) is 10.1. The summed E-state index contributed by atoms with van der Waals surface area (Å²) >= 11 is 0. The van der Waals surface area contributed by atoms with E-state index in [9.17, 15) is 9.90 Å². The lowest BCUT2D eigenvalue weighted by atomic mass is 10.1. The number of benzene rings is 1. The zero-order valence-corrected chi connectivity index (χ0v) is 11.9. The van der Waals surface area contributed by atoms with E-state index in [2.05, 4.69) is 0 Å². The van der Waals surface area contributed by atoms with Crippen molar-refractivity contribution in [2.75, 3.05) is 20.8 Å². The molecule has 0 fully saturated rings. The maximum Gasteiger partial charge on any atom is 0.372 e. The molecule has 1 N–H and O–H groups in total. The van der Waals surface area contributed by atoms with Crippen LogP contribution in [0.25, 0.3) is 11.0 Å². The first-order valence-electron chi connectivity index (χ1n) is 6.47. The normalized spacial score (nSPS) is 13.0. The Hall–Kier alpha value is -1.85. The van der Waals surface area contributed by atoms with Gasteiger partial charge in [0.05, 0.1) is 6.61 Å². The van der Waals surface area contributed by atoms with E-state index in [1.165, 1.54) is 0 Å². The molecule has 1 unspecified atom stereocenters. The molecule has 20 heavy (non-hydrogen) atoms. The number of aromatic carboxylic acids is 1. The molecule has 1 aromatic heterocycles. The number of hydrogen-bond acceptors (Lipinski definition) is 4. The third kappa shape index (κ3) is 2.84. The van der Waals surface area contributed by atoms with Crippen molar-refractivity contribution in [3.63, 3.8) is 0 Å². The average molecular weight is 277 g/mol. The molecule has 5 heteroatoms. The van der Waals surface area contributed by atoms with Gasteiger partial charge in [-0.25, -0.2) is 4.79 Å². The minimum Gasteiger partial charge on any atom is -0.475 e. The standard InChI is InChI=1S/C15H19NO4/c1-10(9-19-3)16(2)8-12-11-6-4-5-7-13(11)20-14(12)15(17)18/h4-7,10H,8-9H2,1-3H3,(H,17,18). The van der Waals surface area contributed by atoms with Crippen molar-refractivity contribution in [3.05, 3.63) is 35.6 Å². The van der Waals surface area contributed by atoms with Gasteiger partial charge in [0.25, 0.3) is 0 Å². The molecule has 5 nitrogen and oxygen atoms in total. The zero-order chi connectivity index (χ0) is 14.7. The van der Waals surface area contributed by atoms with Crippen molar-refractivity contribution >= 4 is 16.9 Å². The number of nitrogens with zero attached hydrogens (tertiary/aromatic N) is 1. The molecule has 0 aliphatic heterocycles. The van der Waals surface area contributed by atoms with Gasteiger partial charge in [0.15, 0.2) is 0 Å². The first kappa shape index (κ1) is 14.6. The summed E-state index contributed by atoms with van der Waals surface area (Å²) in [4.78, 5) is 13.4. The van der Waals surface area contributed by atoms with Gasteiger partial charge in [-0.3, -0.25) is 4.90 Å². The highest BCUT2D eigenvalue weighted by Gasteiger charge is 2.22. The van der Waals surface area contributed by atoms with Gasteiger partial charge in [0.2, 0.25) is 5.76 Å². The van der Waals surface area contributed by atoms with Gasteiger partial charge in [0.1, 0.15) is 5.58 Å². The van der Waals surface area contributed by atoms with Crippen LogP contribution in [0.1, 0.15) is 23.0 Å². The number of carboxylic acid groups (broad SMARTS) is 1. The van der Waals surface area contributed by atoms with Crippen LogP contribution in [-0.4, -0.2) is 42.8 Å². The van der Waals surface area contributed by atoms with Crippen molar-refractivity contribution in [2.45, 2.75) is 19.5 Å². The van der Waals surface area contributed by atoms with Crippen molar-refractivity contribution < 1.29 is 19.1 Å². The summed E-state index contributed by atoms with van der Waals surface area (Å²) in [5.74, 6) is -1.02. The number of rotatable bonds is 6. The Balaban J connectivity index is 2.36. The highest BCUT2D eigenvalue weighted by atomic mass is 16.5. The Kier molecular flexibility index (Phi) is 4.42. The molecule has 2 aromatic rings. The molecule has 1 atom stereocenters. The van der Waals surface area contributed by atoms with E-state index in [-0.39, 0.29) is 11.8 Å². The van der Waals surface area contributed by atoms with E-state index < -0.39 is 5.97 Å². The molecule has 2 rings (SSSR count). The predicted octanol–water partition coefficient (Wildman–Crippen LogP) is 2.60. The van der Waals surface area contributed by atoms with Gasteiger partial charge in [-0.1, -0.05) is 18.2 Å². The van der Waals surface area contributed by atoms with Gasteiger partial charge in [-0.15, -0.1) is 0 Å². The fourth-order valence-electron chi connectivity index (χ4n) is 2.20. The minimum absolute atomic E-state index is 0.0164. The summed E-state index contributed by atoms with van der Waals surface area (Å²) < 4.78 is 10.6. The lowest BCUT2D eigenvalue weighted by Gasteiger charge is -2.23. The van der Waals surface area contributed by atoms with E-state index >= 15 is 0 Å². The van der Waals surface area contributed by atoms with E-state index in [1.54, 1.807) is 13.2 Å². The van der Waals surface area contributed by atoms with E-state index in [0.29, 0.717) is 24.3 Å². The van der Waals surface area contributed by atoms with Gasteiger partial charge >= 0.3 is 5.97 Å². The van der Waals surface area contributed by atoms with Crippen molar-refractivity contribution in [1.82, 2.24) is 4.90 Å². The molecular weight excluding hydrogens is 258 g/mol. The number of likely N-dealkylation sites (N-methyl/N-ethyl adjacent to an activating group) is 1. The molecule has 0 aliphatic carbocycles. The first-order chi connectivity index (χ1) is 9.54. The van der Waals surface area contributed by atoms with Crippen LogP contribution in [0.4, 0.5) is 0 Å². The summed E-state index contributed by atoms with van der Waals surface area (Å²) in [7, 11) is 3.59. The zero-order valence-electron chi connectivity index (χ0n) is 11.9. The van der Waals surface area contributed by atoms with Crippen LogP contribution in [0.3, 0.4) is 0 Å². The van der Waals surface area contributed by atoms with Gasteiger partial charge in [-0.05, 0) is 20.0 Å². The Morgan fingerprint density at radius 3 is 2.80 bits per heavy atom. The van der Waals surface area contributed by atoms with Crippen LogP contribution in [0, 0.1) is 0 Å². The van der Waals surface area contributed by atoms with Gasteiger partial charge < -0.3 is 14.3 Å². The maximum atomic E-state index is 11.3. The van der Waals surface area contributed by atoms with E-state index in [0.717, 1.165) is 5.39 Å². The lowest BCUT2D eigenvalue weighted by Crippen LogP contribution is -2.32. The Labute approximate surface area is 117 Å². The second-order valence-electron chi connectivity index (χ2n) is 4.93. The van der Waals surface area contributed by atoms with Gasteiger partial charge in [0, 0.05) is 30.6 Å². The third-order valence-electron chi connectivity index (χ3n) is 3.46. The Bertz CT molecular complexity index is 605.